The first-order valence-corrected chi connectivity index (χ1v) is 8.72. The molecule has 0 bridgehead atoms. The van der Waals surface area contributed by atoms with Crippen LogP contribution >= 0.6 is 0 Å². The summed E-state index contributed by atoms with van der Waals surface area (Å²) in [7, 11) is 1.65. The molecule has 6 nitrogen and oxygen atoms in total. The fraction of sp³-hybridized carbons (Fsp3) is 0.474. The van der Waals surface area contributed by atoms with E-state index in [4.69, 9.17) is 9.47 Å². The van der Waals surface area contributed by atoms with Gasteiger partial charge in [-0.1, -0.05) is 13.0 Å². The number of hydrogen-bond acceptors (Lipinski definition) is 4. The first kappa shape index (κ1) is 17.3. The van der Waals surface area contributed by atoms with Crippen molar-refractivity contribution >= 4 is 5.91 Å². The monoisotopic (exact) mass is 343 g/mol. The van der Waals surface area contributed by atoms with Crippen molar-refractivity contribution in [2.45, 2.75) is 33.2 Å². The highest BCUT2D eigenvalue weighted by atomic mass is 16.5. The van der Waals surface area contributed by atoms with E-state index < -0.39 is 0 Å². The van der Waals surface area contributed by atoms with Crippen molar-refractivity contribution in [3.05, 3.63) is 41.2 Å². The molecule has 1 atom stereocenters. The number of ether oxygens (including phenoxy) is 2. The SMILES string of the molecule is CCCn1cc(C(=O)NC[C@H]2COc3cc(OC)ccc3C2)c(C)n1. The smallest absolute Gasteiger partial charge is 0.254 e. The van der Waals surface area contributed by atoms with Crippen molar-refractivity contribution in [2.75, 3.05) is 20.3 Å². The lowest BCUT2D eigenvalue weighted by Gasteiger charge is -2.25. The van der Waals surface area contributed by atoms with Gasteiger partial charge in [-0.05, 0) is 31.4 Å². The molecular weight excluding hydrogens is 318 g/mol. The van der Waals surface area contributed by atoms with Crippen LogP contribution in [0.2, 0.25) is 0 Å². The van der Waals surface area contributed by atoms with E-state index in [9.17, 15) is 4.79 Å². The number of methoxy groups -OCH3 is 1. The summed E-state index contributed by atoms with van der Waals surface area (Å²) in [5.74, 6) is 1.86. The third kappa shape index (κ3) is 3.95. The zero-order chi connectivity index (χ0) is 17.8. The first-order chi connectivity index (χ1) is 12.1. The molecule has 2 aromatic rings. The number of aromatic nitrogens is 2. The highest BCUT2D eigenvalue weighted by Crippen LogP contribution is 2.30. The van der Waals surface area contributed by atoms with Crippen molar-refractivity contribution in [2.24, 2.45) is 5.92 Å². The number of amides is 1. The number of fused-ring (bicyclic) bond motifs is 1. The molecule has 0 aliphatic carbocycles. The zero-order valence-corrected chi connectivity index (χ0v) is 15.0. The van der Waals surface area contributed by atoms with Crippen LogP contribution in [-0.4, -0.2) is 35.9 Å². The summed E-state index contributed by atoms with van der Waals surface area (Å²) in [6.45, 7) is 5.96. The second-order valence-electron chi connectivity index (χ2n) is 6.46. The minimum absolute atomic E-state index is 0.0691. The minimum atomic E-state index is -0.0691. The Labute approximate surface area is 148 Å². The van der Waals surface area contributed by atoms with E-state index in [1.807, 2.05) is 36.0 Å². The summed E-state index contributed by atoms with van der Waals surface area (Å²) >= 11 is 0. The van der Waals surface area contributed by atoms with Crippen molar-refractivity contribution in [1.29, 1.82) is 0 Å². The van der Waals surface area contributed by atoms with Gasteiger partial charge >= 0.3 is 0 Å². The van der Waals surface area contributed by atoms with Crippen LogP contribution in [0.4, 0.5) is 0 Å². The number of benzene rings is 1. The fourth-order valence-electron chi connectivity index (χ4n) is 3.09. The molecule has 0 saturated carbocycles. The van der Waals surface area contributed by atoms with Crippen molar-refractivity contribution < 1.29 is 14.3 Å². The predicted molar refractivity (Wildman–Crippen MR) is 95.3 cm³/mol. The van der Waals surface area contributed by atoms with Gasteiger partial charge in [-0.3, -0.25) is 9.48 Å². The number of carbonyl (C=O) groups excluding carboxylic acids is 1. The summed E-state index contributed by atoms with van der Waals surface area (Å²) in [6.07, 6.45) is 3.70. The van der Waals surface area contributed by atoms with Crippen LogP contribution in [-0.2, 0) is 13.0 Å². The van der Waals surface area contributed by atoms with E-state index in [2.05, 4.69) is 17.3 Å². The molecule has 1 N–H and O–H groups in total. The largest absolute Gasteiger partial charge is 0.497 e. The van der Waals surface area contributed by atoms with E-state index >= 15 is 0 Å². The fourth-order valence-corrected chi connectivity index (χ4v) is 3.09. The van der Waals surface area contributed by atoms with Crippen molar-refractivity contribution in [1.82, 2.24) is 15.1 Å². The number of carbonyl (C=O) groups is 1. The van der Waals surface area contributed by atoms with Gasteiger partial charge in [0, 0.05) is 31.3 Å². The molecule has 25 heavy (non-hydrogen) atoms. The van der Waals surface area contributed by atoms with Crippen LogP contribution in [0.3, 0.4) is 0 Å². The molecule has 6 heteroatoms. The number of rotatable bonds is 6. The van der Waals surface area contributed by atoms with Crippen LogP contribution in [0.5, 0.6) is 11.5 Å². The van der Waals surface area contributed by atoms with Gasteiger partial charge in [-0.2, -0.15) is 5.10 Å². The second kappa shape index (κ2) is 7.59. The second-order valence-corrected chi connectivity index (χ2v) is 6.46. The van der Waals surface area contributed by atoms with Gasteiger partial charge in [0.15, 0.2) is 0 Å². The minimum Gasteiger partial charge on any atom is -0.497 e. The summed E-state index contributed by atoms with van der Waals surface area (Å²) in [5, 5.41) is 7.40. The Morgan fingerprint density at radius 2 is 2.32 bits per heavy atom. The Morgan fingerprint density at radius 1 is 1.48 bits per heavy atom. The van der Waals surface area contributed by atoms with Crippen LogP contribution < -0.4 is 14.8 Å². The Morgan fingerprint density at radius 3 is 3.08 bits per heavy atom. The standard InChI is InChI=1S/C19H25N3O3/c1-4-7-22-11-17(13(2)21-22)19(23)20-10-14-8-15-5-6-16(24-3)9-18(15)25-12-14/h5-6,9,11,14H,4,7-8,10,12H2,1-3H3,(H,20,23)/t14-/m0/s1. The van der Waals surface area contributed by atoms with Gasteiger partial charge in [0.25, 0.3) is 5.91 Å². The zero-order valence-electron chi connectivity index (χ0n) is 15.0. The van der Waals surface area contributed by atoms with E-state index in [1.54, 1.807) is 7.11 Å². The lowest BCUT2D eigenvalue weighted by molar-refractivity contribution is 0.0938. The first-order valence-electron chi connectivity index (χ1n) is 8.72. The Balaban J connectivity index is 1.58. The quantitative estimate of drug-likeness (QED) is 0.875. The van der Waals surface area contributed by atoms with Crippen LogP contribution in [0.1, 0.15) is 35.0 Å². The molecule has 0 saturated heterocycles. The molecule has 134 valence electrons. The molecule has 0 fully saturated rings. The number of hydrogen-bond donors (Lipinski definition) is 1. The normalized spacial score (nSPS) is 16.0. The Hall–Kier alpha value is -2.50. The number of aryl methyl sites for hydroxylation is 2. The van der Waals surface area contributed by atoms with E-state index in [1.165, 1.54) is 0 Å². The molecule has 1 aliphatic rings. The maximum absolute atomic E-state index is 12.4. The van der Waals surface area contributed by atoms with Crippen LogP contribution in [0, 0.1) is 12.8 Å². The maximum Gasteiger partial charge on any atom is 0.254 e. The molecule has 1 amide bonds. The van der Waals surface area contributed by atoms with Crippen molar-refractivity contribution in [3.8, 4) is 11.5 Å². The van der Waals surface area contributed by atoms with Gasteiger partial charge in [-0.15, -0.1) is 0 Å². The van der Waals surface area contributed by atoms with Crippen LogP contribution in [0.15, 0.2) is 24.4 Å². The molecule has 2 heterocycles. The summed E-state index contributed by atoms with van der Waals surface area (Å²) < 4.78 is 12.9. The maximum atomic E-state index is 12.4. The molecule has 1 aromatic carbocycles. The molecule has 1 aromatic heterocycles. The predicted octanol–water partition coefficient (Wildman–Crippen LogP) is 2.59. The van der Waals surface area contributed by atoms with Gasteiger partial charge in [-0.25, -0.2) is 0 Å². The molecule has 1 aliphatic heterocycles. The van der Waals surface area contributed by atoms with Gasteiger partial charge in [0.05, 0.1) is 25.0 Å². The van der Waals surface area contributed by atoms with E-state index in [0.717, 1.165) is 42.1 Å². The highest BCUT2D eigenvalue weighted by molar-refractivity contribution is 5.95. The molecule has 0 spiro atoms. The van der Waals surface area contributed by atoms with Gasteiger partial charge < -0.3 is 14.8 Å². The average molecular weight is 343 g/mol. The Kier molecular flexibility index (Phi) is 5.26. The summed E-state index contributed by atoms with van der Waals surface area (Å²) in [5.41, 5.74) is 2.57. The number of nitrogens with zero attached hydrogens (tertiary/aromatic N) is 2. The van der Waals surface area contributed by atoms with Crippen molar-refractivity contribution in [3.63, 3.8) is 0 Å². The van der Waals surface area contributed by atoms with E-state index in [-0.39, 0.29) is 11.8 Å². The third-order valence-electron chi connectivity index (χ3n) is 4.45. The molecule has 3 rings (SSSR count). The molecule has 0 unspecified atom stereocenters. The van der Waals surface area contributed by atoms with E-state index in [0.29, 0.717) is 18.7 Å². The van der Waals surface area contributed by atoms with Gasteiger partial charge in [0.2, 0.25) is 0 Å². The number of nitrogens with one attached hydrogen (secondary N) is 1. The molecule has 0 radical (unpaired) electrons. The lowest BCUT2D eigenvalue weighted by Crippen LogP contribution is -2.34. The topological polar surface area (TPSA) is 65.4 Å². The third-order valence-corrected chi connectivity index (χ3v) is 4.45. The summed E-state index contributed by atoms with van der Waals surface area (Å²) in [4.78, 5) is 12.4. The average Bonchev–Trinajstić information content (AvgIpc) is 2.99. The summed E-state index contributed by atoms with van der Waals surface area (Å²) in [6, 6.07) is 5.88. The molecular formula is C19H25N3O3. The Bertz CT molecular complexity index is 754. The van der Waals surface area contributed by atoms with Gasteiger partial charge in [0.1, 0.15) is 11.5 Å². The van der Waals surface area contributed by atoms with Crippen LogP contribution in [0.25, 0.3) is 0 Å². The highest BCUT2D eigenvalue weighted by Gasteiger charge is 2.22. The lowest BCUT2D eigenvalue weighted by atomic mass is 9.96.